The van der Waals surface area contributed by atoms with E-state index in [0.717, 1.165) is 0 Å². The van der Waals surface area contributed by atoms with Crippen LogP contribution < -0.4 is 10.6 Å². The predicted molar refractivity (Wildman–Crippen MR) is 77.5 cm³/mol. The van der Waals surface area contributed by atoms with Gasteiger partial charge in [-0.1, -0.05) is 13.8 Å². The fraction of sp³-hybridized carbons (Fsp3) is 0.857. The monoisotopic (exact) mass is 288 g/mol. The van der Waals surface area contributed by atoms with Gasteiger partial charge in [0, 0.05) is 12.6 Å². The molecule has 118 valence electrons. The maximum absolute atomic E-state index is 11.6. The molecule has 0 aliphatic rings. The van der Waals surface area contributed by atoms with Crippen LogP contribution in [0.3, 0.4) is 0 Å². The number of esters is 1. The smallest absolute Gasteiger partial charge is 0.407 e. The van der Waals surface area contributed by atoms with Gasteiger partial charge in [0.2, 0.25) is 0 Å². The lowest BCUT2D eigenvalue weighted by atomic mass is 10.1. The molecule has 0 rings (SSSR count). The number of carbonyl (C=O) groups is 2. The highest BCUT2D eigenvalue weighted by atomic mass is 16.6. The lowest BCUT2D eigenvalue weighted by Gasteiger charge is -2.21. The van der Waals surface area contributed by atoms with Gasteiger partial charge in [0.05, 0.1) is 7.11 Å². The van der Waals surface area contributed by atoms with Crippen molar-refractivity contribution >= 4 is 12.1 Å². The summed E-state index contributed by atoms with van der Waals surface area (Å²) in [7, 11) is 1.37. The first-order valence-electron chi connectivity index (χ1n) is 6.96. The molecule has 0 fully saturated rings. The first-order valence-corrected chi connectivity index (χ1v) is 6.96. The normalized spacial score (nSPS) is 12.9. The quantitative estimate of drug-likeness (QED) is 0.552. The highest BCUT2D eigenvalue weighted by Crippen LogP contribution is 2.06. The molecule has 6 heteroatoms. The number of carbonyl (C=O) groups excluding carboxylic acids is 2. The van der Waals surface area contributed by atoms with Crippen molar-refractivity contribution in [3.63, 3.8) is 0 Å². The average molecular weight is 288 g/mol. The van der Waals surface area contributed by atoms with E-state index in [0.29, 0.717) is 19.4 Å². The van der Waals surface area contributed by atoms with Crippen LogP contribution in [0, 0.1) is 0 Å². The molecule has 0 saturated heterocycles. The van der Waals surface area contributed by atoms with Gasteiger partial charge < -0.3 is 20.1 Å². The molecule has 20 heavy (non-hydrogen) atoms. The molecular formula is C14H28N2O4. The van der Waals surface area contributed by atoms with Crippen LogP contribution in [0.15, 0.2) is 0 Å². The molecule has 0 spiro atoms. The number of ether oxygens (including phenoxy) is 2. The Morgan fingerprint density at radius 3 is 2.25 bits per heavy atom. The van der Waals surface area contributed by atoms with E-state index in [1.165, 1.54) is 7.11 Å². The molecule has 0 bridgehead atoms. The minimum atomic E-state index is -0.502. The van der Waals surface area contributed by atoms with E-state index in [1.807, 2.05) is 34.6 Å². The highest BCUT2D eigenvalue weighted by Gasteiger charge is 2.20. The average Bonchev–Trinajstić information content (AvgIpc) is 2.29. The van der Waals surface area contributed by atoms with Gasteiger partial charge in [0.15, 0.2) is 0 Å². The van der Waals surface area contributed by atoms with Gasteiger partial charge in [-0.05, 0) is 33.6 Å². The number of alkyl carbamates (subject to hydrolysis) is 1. The van der Waals surface area contributed by atoms with Crippen LogP contribution in [0.4, 0.5) is 4.79 Å². The maximum Gasteiger partial charge on any atom is 0.407 e. The second kappa shape index (κ2) is 8.79. The van der Waals surface area contributed by atoms with Crippen molar-refractivity contribution < 1.29 is 19.1 Å². The summed E-state index contributed by atoms with van der Waals surface area (Å²) in [5, 5.41) is 5.80. The van der Waals surface area contributed by atoms with Crippen LogP contribution in [0.25, 0.3) is 0 Å². The van der Waals surface area contributed by atoms with Gasteiger partial charge in [-0.15, -0.1) is 0 Å². The standard InChI is InChI=1S/C14H28N2O4/c1-10(2)16-11(12(17)19-6)8-7-9-15-13(18)20-14(3,4)5/h10-11,16H,7-9H2,1-6H3,(H,15,18). The molecule has 2 N–H and O–H groups in total. The lowest BCUT2D eigenvalue weighted by Crippen LogP contribution is -2.42. The molecule has 0 heterocycles. The summed E-state index contributed by atoms with van der Waals surface area (Å²) in [6.07, 6.45) is 0.822. The van der Waals surface area contributed by atoms with E-state index in [-0.39, 0.29) is 18.1 Å². The zero-order chi connectivity index (χ0) is 15.8. The first kappa shape index (κ1) is 18.7. The lowest BCUT2D eigenvalue weighted by molar-refractivity contribution is -0.143. The second-order valence-electron chi connectivity index (χ2n) is 5.97. The largest absolute Gasteiger partial charge is 0.468 e. The number of hydrogen-bond acceptors (Lipinski definition) is 5. The van der Waals surface area contributed by atoms with E-state index in [1.54, 1.807) is 0 Å². The van der Waals surface area contributed by atoms with E-state index in [4.69, 9.17) is 9.47 Å². The molecule has 1 atom stereocenters. The molecule has 0 aliphatic heterocycles. The third-order valence-corrected chi connectivity index (χ3v) is 2.36. The Morgan fingerprint density at radius 1 is 1.20 bits per heavy atom. The number of hydrogen-bond donors (Lipinski definition) is 2. The Kier molecular flexibility index (Phi) is 8.22. The highest BCUT2D eigenvalue weighted by molar-refractivity contribution is 5.75. The van der Waals surface area contributed by atoms with E-state index < -0.39 is 11.7 Å². The van der Waals surface area contributed by atoms with Gasteiger partial charge >= 0.3 is 12.1 Å². The van der Waals surface area contributed by atoms with Gasteiger partial charge in [-0.25, -0.2) is 4.79 Å². The summed E-state index contributed by atoms with van der Waals surface area (Å²) in [4.78, 5) is 23.0. The molecule has 0 saturated carbocycles. The zero-order valence-corrected chi connectivity index (χ0v) is 13.4. The first-order chi connectivity index (χ1) is 9.15. The molecule has 0 aromatic heterocycles. The molecule has 0 aromatic rings. The number of amides is 1. The van der Waals surface area contributed by atoms with Gasteiger partial charge in [0.1, 0.15) is 11.6 Å². The van der Waals surface area contributed by atoms with Crippen LogP contribution in [-0.4, -0.2) is 43.4 Å². The minimum Gasteiger partial charge on any atom is -0.468 e. The Morgan fingerprint density at radius 2 is 1.80 bits per heavy atom. The zero-order valence-electron chi connectivity index (χ0n) is 13.4. The summed E-state index contributed by atoms with van der Waals surface area (Å²) in [5.41, 5.74) is -0.502. The SMILES string of the molecule is COC(=O)C(CCCNC(=O)OC(C)(C)C)NC(C)C. The Balaban J connectivity index is 4.00. The van der Waals surface area contributed by atoms with Crippen molar-refractivity contribution in [1.82, 2.24) is 10.6 Å². The third kappa shape index (κ3) is 9.61. The van der Waals surface area contributed by atoms with Crippen molar-refractivity contribution in [2.75, 3.05) is 13.7 Å². The van der Waals surface area contributed by atoms with Gasteiger partial charge in [-0.3, -0.25) is 4.79 Å². The minimum absolute atomic E-state index is 0.193. The number of methoxy groups -OCH3 is 1. The summed E-state index contributed by atoms with van der Waals surface area (Å²) >= 11 is 0. The molecule has 6 nitrogen and oxygen atoms in total. The maximum atomic E-state index is 11.6. The van der Waals surface area contributed by atoms with Crippen LogP contribution in [0.1, 0.15) is 47.5 Å². The Hall–Kier alpha value is -1.30. The fourth-order valence-corrected chi connectivity index (χ4v) is 1.62. The van der Waals surface area contributed by atoms with Crippen molar-refractivity contribution in [1.29, 1.82) is 0 Å². The topological polar surface area (TPSA) is 76.7 Å². The summed E-state index contributed by atoms with van der Waals surface area (Å²) in [6.45, 7) is 9.83. The van der Waals surface area contributed by atoms with Crippen molar-refractivity contribution in [3.8, 4) is 0 Å². The van der Waals surface area contributed by atoms with Crippen LogP contribution in [0.2, 0.25) is 0 Å². The van der Waals surface area contributed by atoms with Crippen molar-refractivity contribution in [3.05, 3.63) is 0 Å². The van der Waals surface area contributed by atoms with E-state index in [2.05, 4.69) is 10.6 Å². The molecule has 1 unspecified atom stereocenters. The van der Waals surface area contributed by atoms with E-state index >= 15 is 0 Å². The number of nitrogens with one attached hydrogen (secondary N) is 2. The summed E-state index contributed by atoms with van der Waals surface area (Å²) in [6, 6.07) is -0.154. The Bertz CT molecular complexity index is 311. The van der Waals surface area contributed by atoms with Crippen LogP contribution in [0.5, 0.6) is 0 Å². The van der Waals surface area contributed by atoms with Crippen LogP contribution >= 0.6 is 0 Å². The molecular weight excluding hydrogens is 260 g/mol. The van der Waals surface area contributed by atoms with Crippen molar-refractivity contribution in [2.45, 2.75) is 65.1 Å². The molecule has 0 aliphatic carbocycles. The summed E-state index contributed by atoms with van der Waals surface area (Å²) in [5.74, 6) is -0.282. The molecule has 1 amide bonds. The Labute approximate surface area is 121 Å². The van der Waals surface area contributed by atoms with Crippen molar-refractivity contribution in [2.24, 2.45) is 0 Å². The summed E-state index contributed by atoms with van der Waals surface area (Å²) < 4.78 is 9.86. The van der Waals surface area contributed by atoms with E-state index in [9.17, 15) is 9.59 Å². The van der Waals surface area contributed by atoms with Gasteiger partial charge in [-0.2, -0.15) is 0 Å². The van der Waals surface area contributed by atoms with Crippen LogP contribution in [-0.2, 0) is 14.3 Å². The number of rotatable bonds is 7. The van der Waals surface area contributed by atoms with Gasteiger partial charge in [0.25, 0.3) is 0 Å². The predicted octanol–water partition coefficient (Wildman–Crippen LogP) is 1.83. The second-order valence-corrected chi connectivity index (χ2v) is 5.97. The fourth-order valence-electron chi connectivity index (χ4n) is 1.62. The molecule has 0 aromatic carbocycles. The molecule has 0 radical (unpaired) electrons. The third-order valence-electron chi connectivity index (χ3n) is 2.36.